The summed E-state index contributed by atoms with van der Waals surface area (Å²) in [5, 5.41) is 10.1. The highest BCUT2D eigenvalue weighted by Gasteiger charge is 2.20. The molecule has 0 radical (unpaired) electrons. The zero-order valence-corrected chi connectivity index (χ0v) is 19.1. The maximum absolute atomic E-state index is 12.3. The number of aromatic nitrogens is 1. The number of rotatable bonds is 6. The topological polar surface area (TPSA) is 82.7 Å². The lowest BCUT2D eigenvalue weighted by Crippen LogP contribution is -2.30. The van der Waals surface area contributed by atoms with Crippen LogP contribution in [-0.2, 0) is 10.4 Å². The molecule has 6 heteroatoms. The second-order valence-electron chi connectivity index (χ2n) is 8.29. The summed E-state index contributed by atoms with van der Waals surface area (Å²) in [5.41, 5.74) is 8.04. The molecule has 0 saturated carbocycles. The van der Waals surface area contributed by atoms with Crippen LogP contribution in [0.4, 0.5) is 5.82 Å². The van der Waals surface area contributed by atoms with E-state index in [0.29, 0.717) is 23.6 Å². The van der Waals surface area contributed by atoms with Crippen molar-refractivity contribution in [2.45, 2.75) is 39.7 Å². The molecule has 1 amide bonds. The van der Waals surface area contributed by atoms with Crippen molar-refractivity contribution in [3.8, 4) is 0 Å². The van der Waals surface area contributed by atoms with Gasteiger partial charge in [-0.15, -0.1) is 6.58 Å². The summed E-state index contributed by atoms with van der Waals surface area (Å²) in [4.78, 5) is 20.0. The molecule has 0 saturated heterocycles. The van der Waals surface area contributed by atoms with Gasteiger partial charge in [-0.2, -0.15) is 0 Å². The molecule has 1 aliphatic rings. The lowest BCUT2D eigenvalue weighted by molar-refractivity contribution is -0.124. The lowest BCUT2D eigenvalue weighted by Gasteiger charge is -2.22. The van der Waals surface area contributed by atoms with Crippen LogP contribution in [0.1, 0.15) is 45.2 Å². The van der Waals surface area contributed by atoms with Gasteiger partial charge in [0, 0.05) is 49.7 Å². The van der Waals surface area contributed by atoms with Crippen molar-refractivity contribution in [2.75, 3.05) is 26.4 Å². The summed E-state index contributed by atoms with van der Waals surface area (Å²) in [7, 11) is 3.71. The van der Waals surface area contributed by atoms with Crippen LogP contribution in [0.25, 0.3) is 6.08 Å². The van der Waals surface area contributed by atoms with Gasteiger partial charge in [-0.1, -0.05) is 32.6 Å². The molecule has 3 N–H and O–H groups in total. The maximum atomic E-state index is 12.3. The molecule has 0 atom stereocenters. The third-order valence-corrected chi connectivity index (χ3v) is 4.74. The second kappa shape index (κ2) is 10.8. The number of hydrogen-bond acceptors (Lipinski definition) is 5. The Kier molecular flexibility index (Phi) is 9.05. The third kappa shape index (κ3) is 7.52. The average Bonchev–Trinajstić information content (AvgIpc) is 2.98. The number of allylic oxidation sites excluding steroid dienone is 2. The number of anilines is 1. The molecule has 30 heavy (non-hydrogen) atoms. The monoisotopic (exact) mass is 412 g/mol. The Morgan fingerprint density at radius 1 is 1.47 bits per heavy atom. The summed E-state index contributed by atoms with van der Waals surface area (Å²) >= 11 is 0. The molecule has 0 bridgehead atoms. The van der Waals surface area contributed by atoms with Crippen molar-refractivity contribution in [2.24, 2.45) is 5.92 Å². The largest absolute Gasteiger partial charge is 0.386 e. The van der Waals surface area contributed by atoms with Gasteiger partial charge in [0.05, 0.1) is 12.1 Å². The molecule has 6 nitrogen and oxygen atoms in total. The van der Waals surface area contributed by atoms with Crippen molar-refractivity contribution in [3.05, 3.63) is 66.2 Å². The van der Waals surface area contributed by atoms with Crippen molar-refractivity contribution >= 4 is 17.8 Å². The van der Waals surface area contributed by atoms with E-state index in [-0.39, 0.29) is 11.7 Å². The van der Waals surface area contributed by atoms with E-state index in [1.807, 2.05) is 18.0 Å². The third-order valence-electron chi connectivity index (χ3n) is 4.74. The molecule has 0 fully saturated rings. The standard InChI is InChI=1S/C19H26N4O2.C5H10/c1-13-6-8-15(23(13)5)12-22(4)17(24)9-7-14-10-16(19(2,3)25)18(20)21-11-14;1-4-5(2)3/h7-11,25H,1,6,12H2,2-5H3,(H2,20,21);4-5H,1H2,2-3H3/b9-7+;. The van der Waals surface area contributed by atoms with E-state index in [2.05, 4.69) is 38.1 Å². The van der Waals surface area contributed by atoms with E-state index in [1.165, 1.54) is 6.08 Å². The van der Waals surface area contributed by atoms with Crippen LogP contribution in [0.5, 0.6) is 0 Å². The van der Waals surface area contributed by atoms with Gasteiger partial charge in [-0.05, 0) is 37.5 Å². The van der Waals surface area contributed by atoms with Crippen molar-refractivity contribution < 1.29 is 9.90 Å². The number of nitrogens with two attached hydrogens (primary N) is 1. The minimum Gasteiger partial charge on any atom is -0.386 e. The molecule has 1 aromatic rings. The Morgan fingerprint density at radius 2 is 2.07 bits per heavy atom. The minimum absolute atomic E-state index is 0.117. The fourth-order valence-electron chi connectivity index (χ4n) is 2.57. The minimum atomic E-state index is -1.09. The predicted octanol–water partition coefficient (Wildman–Crippen LogP) is 3.92. The molecular weight excluding hydrogens is 376 g/mol. The molecule has 164 valence electrons. The Bertz CT molecular complexity index is 832. The molecular formula is C24H36N4O2. The maximum Gasteiger partial charge on any atom is 0.246 e. The van der Waals surface area contributed by atoms with Gasteiger partial charge < -0.3 is 20.6 Å². The second-order valence-corrected chi connectivity index (χ2v) is 8.29. The number of pyridine rings is 1. The van der Waals surface area contributed by atoms with Crippen molar-refractivity contribution in [1.82, 2.24) is 14.8 Å². The first-order valence-electron chi connectivity index (χ1n) is 10.0. The molecule has 1 aliphatic heterocycles. The summed E-state index contributed by atoms with van der Waals surface area (Å²) in [6.45, 7) is 15.5. The zero-order chi connectivity index (χ0) is 23.1. The number of nitrogen functional groups attached to an aromatic ring is 1. The van der Waals surface area contributed by atoms with E-state index in [0.717, 1.165) is 17.8 Å². The van der Waals surface area contributed by atoms with Crippen LogP contribution >= 0.6 is 0 Å². The summed E-state index contributed by atoms with van der Waals surface area (Å²) in [6.07, 6.45) is 9.55. The zero-order valence-electron chi connectivity index (χ0n) is 19.1. The molecule has 2 rings (SSSR count). The Balaban J connectivity index is 0.000000804. The number of hydrogen-bond donors (Lipinski definition) is 2. The summed E-state index contributed by atoms with van der Waals surface area (Å²) < 4.78 is 0. The van der Waals surface area contributed by atoms with Gasteiger partial charge >= 0.3 is 0 Å². The van der Waals surface area contributed by atoms with Gasteiger partial charge in [-0.25, -0.2) is 4.98 Å². The quantitative estimate of drug-likeness (QED) is 0.546. The van der Waals surface area contributed by atoms with Crippen molar-refractivity contribution in [1.29, 1.82) is 0 Å². The summed E-state index contributed by atoms with van der Waals surface area (Å²) in [5.74, 6) is 0.813. The highest BCUT2D eigenvalue weighted by Crippen LogP contribution is 2.25. The van der Waals surface area contributed by atoms with Crippen LogP contribution in [-0.4, -0.2) is 46.4 Å². The molecule has 2 heterocycles. The Labute approximate surface area is 181 Å². The predicted molar refractivity (Wildman–Crippen MR) is 125 cm³/mol. The van der Waals surface area contributed by atoms with E-state index in [9.17, 15) is 9.90 Å². The van der Waals surface area contributed by atoms with E-state index < -0.39 is 5.60 Å². The number of likely N-dealkylation sites (N-methyl/N-ethyl adjacent to an activating group) is 2. The molecule has 0 aliphatic carbocycles. The van der Waals surface area contributed by atoms with E-state index in [1.54, 1.807) is 44.1 Å². The highest BCUT2D eigenvalue weighted by molar-refractivity contribution is 5.91. The van der Waals surface area contributed by atoms with E-state index in [4.69, 9.17) is 5.73 Å². The lowest BCUT2D eigenvalue weighted by atomic mass is 9.97. The fourth-order valence-corrected chi connectivity index (χ4v) is 2.57. The van der Waals surface area contributed by atoms with Crippen molar-refractivity contribution in [3.63, 3.8) is 0 Å². The van der Waals surface area contributed by atoms with Crippen LogP contribution in [0, 0.1) is 5.92 Å². The van der Waals surface area contributed by atoms with Crippen LogP contribution in [0.2, 0.25) is 0 Å². The molecule has 0 aromatic carbocycles. The van der Waals surface area contributed by atoms with Gasteiger partial charge in [0.1, 0.15) is 5.82 Å². The number of aliphatic hydroxyl groups is 1. The Morgan fingerprint density at radius 3 is 2.53 bits per heavy atom. The van der Waals surface area contributed by atoms with Gasteiger partial charge in [0.25, 0.3) is 0 Å². The SMILES string of the molecule is C=C1CC=C(CN(C)C(=O)/C=C/c2cnc(N)c(C(C)(C)O)c2)N1C.C=CC(C)C. The number of amides is 1. The normalized spacial score (nSPS) is 13.9. The fraction of sp³-hybridized carbons (Fsp3) is 0.417. The van der Waals surface area contributed by atoms with E-state index >= 15 is 0 Å². The van der Waals surface area contributed by atoms with Crippen LogP contribution < -0.4 is 5.73 Å². The first kappa shape index (κ1) is 25.2. The highest BCUT2D eigenvalue weighted by atomic mass is 16.3. The summed E-state index contributed by atoms with van der Waals surface area (Å²) in [6, 6.07) is 1.74. The Hall–Kier alpha value is -2.86. The first-order chi connectivity index (χ1) is 13.9. The average molecular weight is 413 g/mol. The van der Waals surface area contributed by atoms with Crippen LogP contribution in [0.15, 0.2) is 55.0 Å². The molecule has 0 spiro atoms. The number of carbonyl (C=O) groups excluding carboxylic acids is 1. The number of nitrogens with zero attached hydrogens (tertiary/aromatic N) is 3. The van der Waals surface area contributed by atoms with Crippen LogP contribution in [0.3, 0.4) is 0 Å². The smallest absolute Gasteiger partial charge is 0.246 e. The number of carbonyl (C=O) groups is 1. The van der Waals surface area contributed by atoms with Gasteiger partial charge in [0.2, 0.25) is 5.91 Å². The molecule has 1 aromatic heterocycles. The first-order valence-corrected chi connectivity index (χ1v) is 10.0. The van der Waals surface area contributed by atoms with Gasteiger partial charge in [-0.3, -0.25) is 4.79 Å². The van der Waals surface area contributed by atoms with Gasteiger partial charge in [0.15, 0.2) is 0 Å². The molecule has 0 unspecified atom stereocenters.